The van der Waals surface area contributed by atoms with Crippen LogP contribution >= 0.6 is 69.6 Å². The first-order valence-corrected chi connectivity index (χ1v) is 40.4. The molecule has 4 unspecified atom stereocenters. The Morgan fingerprint density at radius 3 is 1.06 bits per heavy atom. The van der Waals surface area contributed by atoms with Crippen LogP contribution < -0.4 is 20.0 Å². The molecule has 0 aromatic heterocycles. The molecule has 564 valence electrons. The average Bonchev–Trinajstić information content (AvgIpc) is 1.57. The summed E-state index contributed by atoms with van der Waals surface area (Å²) in [6.07, 6.45) is 41.4. The molecule has 4 heterocycles. The molecule has 2 saturated heterocycles. The minimum atomic E-state index is -1.75. The Morgan fingerprint density at radius 1 is 0.419 bits per heavy atom. The number of unbranched alkanes of at least 4 members (excludes halogenated alkanes) is 28. The van der Waals surface area contributed by atoms with Gasteiger partial charge in [0.2, 0.25) is 0 Å². The standard InChI is InChI=1S/C83H102Cl6N8O8/c1-5-7-9-11-13-15-17-19-21-23-25-27-29-31-33-36-42-58-44-40-48-63(50-58)94(96-71(98)56-69(104-3)80(96)100)78-74(82(102)92(90-78)76-65(86)52-61(84)53-66(76)87)73(60-46-38-35-39-47-60)75-79(91-93(83(75)103)77-67(88)54-62(85)55-68(77)89)95(97-72(99)57-70(105-4)81(97)101)64-49-41-45-59(51-64)43-37-34-32-30-28-26-24-22-20-18-16-14-12-10-8-6-2/h35-55,69-70,73-75H,5-34,56-57H2,1-4H3. The predicted octanol–water partition coefficient (Wildman–Crippen LogP) is 22.8. The summed E-state index contributed by atoms with van der Waals surface area (Å²) >= 11 is 41.5. The van der Waals surface area contributed by atoms with E-state index in [2.05, 4.69) is 26.0 Å². The number of hydrazine groups is 2. The second-order valence-electron chi connectivity index (χ2n) is 27.9. The van der Waals surface area contributed by atoms with Crippen LogP contribution in [0.2, 0.25) is 30.1 Å². The summed E-state index contributed by atoms with van der Waals surface area (Å²) < 4.78 is 11.3. The lowest BCUT2D eigenvalue weighted by Gasteiger charge is -2.38. The molecular formula is C83H102Cl6N8O8. The first-order chi connectivity index (χ1) is 51.0. The van der Waals surface area contributed by atoms with Crippen molar-refractivity contribution in [2.24, 2.45) is 22.0 Å². The summed E-state index contributed by atoms with van der Waals surface area (Å²) in [5.74, 6) is -10.2. The quantitative estimate of drug-likeness (QED) is 0.0271. The molecule has 4 aliphatic rings. The number of rotatable bonds is 43. The third kappa shape index (κ3) is 21.9. The molecule has 2 fully saturated rings. The summed E-state index contributed by atoms with van der Waals surface area (Å²) in [6, 6.07) is 28.4. The maximum Gasteiger partial charge on any atom is 0.278 e. The highest BCUT2D eigenvalue weighted by atomic mass is 35.5. The van der Waals surface area contributed by atoms with E-state index >= 15 is 19.2 Å². The number of carbonyl (C=O) groups is 6. The van der Waals surface area contributed by atoms with Gasteiger partial charge in [0.1, 0.15) is 35.4 Å². The fourth-order valence-electron chi connectivity index (χ4n) is 14.5. The number of hydrogen-bond acceptors (Lipinski definition) is 12. The number of amides is 6. The molecule has 105 heavy (non-hydrogen) atoms. The number of imide groups is 2. The zero-order valence-electron chi connectivity index (χ0n) is 61.3. The number of halogens is 6. The molecule has 5 aromatic rings. The number of hydrazone groups is 2. The van der Waals surface area contributed by atoms with Crippen LogP contribution in [0.1, 0.15) is 242 Å². The van der Waals surface area contributed by atoms with Crippen LogP contribution in [0.4, 0.5) is 22.7 Å². The molecule has 9 rings (SSSR count). The Labute approximate surface area is 651 Å². The number of amidine groups is 2. The zero-order valence-corrected chi connectivity index (χ0v) is 65.8. The predicted molar refractivity (Wildman–Crippen MR) is 429 cm³/mol. The number of ether oxygens (including phenoxy) is 2. The van der Waals surface area contributed by atoms with Gasteiger partial charge in [-0.3, -0.25) is 28.8 Å². The van der Waals surface area contributed by atoms with E-state index in [1.165, 1.54) is 190 Å². The van der Waals surface area contributed by atoms with Crippen molar-refractivity contribution in [3.63, 3.8) is 0 Å². The minimum Gasteiger partial charge on any atom is -0.371 e. The zero-order chi connectivity index (χ0) is 74.8. The summed E-state index contributed by atoms with van der Waals surface area (Å²) in [4.78, 5) is 93.4. The summed E-state index contributed by atoms with van der Waals surface area (Å²) in [6.45, 7) is 4.50. The highest BCUT2D eigenvalue weighted by molar-refractivity contribution is 6.44. The number of allylic oxidation sites excluding steroid dienone is 2. The maximum absolute atomic E-state index is 16.7. The molecule has 16 nitrogen and oxygen atoms in total. The van der Waals surface area contributed by atoms with Gasteiger partial charge in [0.05, 0.1) is 44.3 Å². The Bertz CT molecular complexity index is 3620. The van der Waals surface area contributed by atoms with E-state index in [-0.39, 0.29) is 77.4 Å². The van der Waals surface area contributed by atoms with Gasteiger partial charge in [-0.05, 0) is 90.9 Å². The number of carbonyl (C=O) groups excluding carboxylic acids is 6. The molecule has 0 saturated carbocycles. The molecule has 22 heteroatoms. The molecule has 0 N–H and O–H groups in total. The SMILES string of the molecule is CCCCCCCCCCCCCCCCC=Cc1cccc(N(C2=NN(c3c(Cl)cc(Cl)cc3Cl)C(=O)C2C(c2ccccc2)C2C(=O)N(c3c(Cl)cc(Cl)cc3Cl)N=C2N(c2cccc(C=CCCCCCCCCCCCCCCCC)c2)N2C(=O)CC(OC)C2=O)N2C(=O)CC(OC)C2=O)c1. The van der Waals surface area contributed by atoms with Crippen molar-refractivity contribution in [2.75, 3.05) is 34.3 Å². The molecule has 0 radical (unpaired) electrons. The van der Waals surface area contributed by atoms with Gasteiger partial charge in [-0.15, -0.1) is 10.2 Å². The van der Waals surface area contributed by atoms with Crippen molar-refractivity contribution >= 4 is 152 Å². The molecule has 0 bridgehead atoms. The fourth-order valence-corrected chi connectivity index (χ4v) is 16.4. The lowest BCUT2D eigenvalue weighted by atomic mass is 9.74. The Balaban J connectivity index is 1.11. The van der Waals surface area contributed by atoms with Crippen molar-refractivity contribution in [1.82, 2.24) is 10.0 Å². The smallest absolute Gasteiger partial charge is 0.278 e. The number of nitrogens with zero attached hydrogens (tertiary/aromatic N) is 8. The number of hydrogen-bond donors (Lipinski definition) is 0. The van der Waals surface area contributed by atoms with Crippen LogP contribution in [-0.4, -0.2) is 83.6 Å². The first-order valence-electron chi connectivity index (χ1n) is 38.1. The van der Waals surface area contributed by atoms with Crippen LogP contribution in [0.25, 0.3) is 12.2 Å². The monoisotopic (exact) mass is 1550 g/mol. The van der Waals surface area contributed by atoms with E-state index in [0.29, 0.717) is 16.7 Å². The molecule has 0 aliphatic carbocycles. The van der Waals surface area contributed by atoms with Crippen molar-refractivity contribution in [1.29, 1.82) is 0 Å². The minimum absolute atomic E-state index is 0.0954. The number of methoxy groups -OCH3 is 2. The van der Waals surface area contributed by atoms with E-state index in [4.69, 9.17) is 89.3 Å². The van der Waals surface area contributed by atoms with E-state index in [1.54, 1.807) is 66.7 Å². The molecule has 6 amide bonds. The fraction of sp³-hybridized carbons (Fsp3) is 0.494. The lowest BCUT2D eigenvalue weighted by Crippen LogP contribution is -2.56. The summed E-state index contributed by atoms with van der Waals surface area (Å²) in [5, 5.41) is 16.5. The van der Waals surface area contributed by atoms with Crippen LogP contribution in [0, 0.1) is 11.8 Å². The third-order valence-electron chi connectivity index (χ3n) is 20.1. The van der Waals surface area contributed by atoms with Gasteiger partial charge >= 0.3 is 0 Å². The molecule has 5 aromatic carbocycles. The normalized spacial score (nSPS) is 18.0. The van der Waals surface area contributed by atoms with Crippen molar-refractivity contribution in [3.05, 3.63) is 162 Å². The average molecular weight is 1550 g/mol. The van der Waals surface area contributed by atoms with Gasteiger partial charge in [0.15, 0.2) is 11.7 Å². The van der Waals surface area contributed by atoms with E-state index in [0.717, 1.165) is 71.4 Å². The van der Waals surface area contributed by atoms with Gasteiger partial charge in [-0.2, -0.15) is 20.0 Å². The maximum atomic E-state index is 16.7. The van der Waals surface area contributed by atoms with E-state index in [1.807, 2.05) is 24.3 Å². The number of anilines is 4. The van der Waals surface area contributed by atoms with Crippen LogP contribution in [0.5, 0.6) is 0 Å². The van der Waals surface area contributed by atoms with E-state index < -0.39 is 65.4 Å². The second-order valence-corrected chi connectivity index (χ2v) is 30.4. The topological polar surface area (TPSA) is 165 Å². The van der Waals surface area contributed by atoms with Crippen LogP contribution in [0.15, 0.2) is 125 Å². The molecule has 0 spiro atoms. The van der Waals surface area contributed by atoms with Gasteiger partial charge in [-0.25, -0.2) is 10.0 Å². The van der Waals surface area contributed by atoms with Crippen molar-refractivity contribution < 1.29 is 38.2 Å². The lowest BCUT2D eigenvalue weighted by molar-refractivity contribution is -0.142. The van der Waals surface area contributed by atoms with Gasteiger partial charge in [-0.1, -0.05) is 329 Å². The Kier molecular flexibility index (Phi) is 33.2. The largest absolute Gasteiger partial charge is 0.371 e. The highest BCUT2D eigenvalue weighted by Gasteiger charge is 2.59. The van der Waals surface area contributed by atoms with Gasteiger partial charge in [0.25, 0.3) is 35.4 Å². The van der Waals surface area contributed by atoms with Crippen molar-refractivity contribution in [3.8, 4) is 0 Å². The molecule has 4 aliphatic heterocycles. The van der Waals surface area contributed by atoms with Gasteiger partial charge in [0, 0.05) is 30.2 Å². The highest BCUT2D eigenvalue weighted by Crippen LogP contribution is 2.50. The Hall–Kier alpha value is -6.60. The molecule has 4 atom stereocenters. The molecular weight excluding hydrogens is 1450 g/mol. The summed E-state index contributed by atoms with van der Waals surface area (Å²) in [7, 11) is 2.65. The van der Waals surface area contributed by atoms with Crippen LogP contribution in [0.3, 0.4) is 0 Å². The van der Waals surface area contributed by atoms with E-state index in [9.17, 15) is 9.59 Å². The van der Waals surface area contributed by atoms with Crippen molar-refractivity contribution in [2.45, 2.75) is 237 Å². The third-order valence-corrected chi connectivity index (χ3v) is 21.7. The van der Waals surface area contributed by atoms with Gasteiger partial charge < -0.3 is 9.47 Å². The van der Waals surface area contributed by atoms with Crippen LogP contribution in [-0.2, 0) is 38.2 Å². The number of benzene rings is 5. The second kappa shape index (κ2) is 42.2. The summed E-state index contributed by atoms with van der Waals surface area (Å²) in [5.41, 5.74) is 1.91. The first kappa shape index (κ1) is 82.5. The Morgan fingerprint density at radius 2 is 0.743 bits per heavy atom.